The van der Waals surface area contributed by atoms with Gasteiger partial charge in [-0.25, -0.2) is 9.97 Å². The molecule has 144 valence electrons. The molecule has 2 aliphatic rings. The van der Waals surface area contributed by atoms with Gasteiger partial charge in [-0.05, 0) is 13.3 Å². The van der Waals surface area contributed by atoms with Crippen molar-refractivity contribution in [1.82, 2.24) is 20.0 Å². The summed E-state index contributed by atoms with van der Waals surface area (Å²) in [6, 6.07) is 0. The lowest BCUT2D eigenvalue weighted by Gasteiger charge is -2.33. The zero-order valence-electron chi connectivity index (χ0n) is 15.6. The van der Waals surface area contributed by atoms with Crippen LogP contribution in [-0.2, 0) is 29.0 Å². The van der Waals surface area contributed by atoms with Gasteiger partial charge in [0.25, 0.3) is 5.91 Å². The van der Waals surface area contributed by atoms with Crippen LogP contribution in [0.25, 0.3) is 0 Å². The summed E-state index contributed by atoms with van der Waals surface area (Å²) in [5.74, 6) is 1.42. The predicted molar refractivity (Wildman–Crippen MR) is 95.5 cm³/mol. The molecule has 1 saturated heterocycles. The number of carbonyl (C=O) groups excluding carboxylic acids is 1. The number of carbonyl (C=O) groups is 1. The number of anilines is 1. The largest absolute Gasteiger partial charge is 0.380 e. The average molecular weight is 373 g/mol. The third-order valence-corrected chi connectivity index (χ3v) is 5.06. The summed E-state index contributed by atoms with van der Waals surface area (Å²) >= 11 is 0. The topological polar surface area (TPSA) is 93.8 Å². The molecule has 9 heteroatoms. The molecule has 2 aliphatic heterocycles. The Labute approximate surface area is 157 Å². The first-order valence-corrected chi connectivity index (χ1v) is 9.08. The molecule has 0 spiro atoms. The van der Waals surface area contributed by atoms with E-state index in [1.807, 2.05) is 0 Å². The maximum atomic E-state index is 13.0. The summed E-state index contributed by atoms with van der Waals surface area (Å²) in [7, 11) is 1.59. The second-order valence-corrected chi connectivity index (χ2v) is 6.70. The van der Waals surface area contributed by atoms with Gasteiger partial charge in [0.2, 0.25) is 0 Å². The maximum absolute atomic E-state index is 13.0. The number of ether oxygens (including phenoxy) is 2. The summed E-state index contributed by atoms with van der Waals surface area (Å²) in [5.41, 5.74) is 3.03. The minimum Gasteiger partial charge on any atom is -0.380 e. The summed E-state index contributed by atoms with van der Waals surface area (Å²) in [6.45, 7) is 6.17. The van der Waals surface area contributed by atoms with Crippen LogP contribution in [0.1, 0.15) is 33.1 Å². The average Bonchev–Trinajstić information content (AvgIpc) is 3.08. The van der Waals surface area contributed by atoms with Crippen LogP contribution >= 0.6 is 0 Å². The van der Waals surface area contributed by atoms with Gasteiger partial charge in [-0.1, -0.05) is 5.16 Å². The van der Waals surface area contributed by atoms with Crippen LogP contribution in [0.3, 0.4) is 0 Å². The molecule has 4 rings (SSSR count). The number of morpholine rings is 1. The first-order chi connectivity index (χ1) is 13.2. The van der Waals surface area contributed by atoms with Crippen molar-refractivity contribution in [1.29, 1.82) is 0 Å². The van der Waals surface area contributed by atoms with Gasteiger partial charge < -0.3 is 23.8 Å². The smallest absolute Gasteiger partial charge is 0.276 e. The monoisotopic (exact) mass is 373 g/mol. The number of amides is 1. The van der Waals surface area contributed by atoms with E-state index >= 15 is 0 Å². The zero-order valence-corrected chi connectivity index (χ0v) is 15.6. The fraction of sp³-hybridized carbons (Fsp3) is 0.556. The van der Waals surface area contributed by atoms with Crippen molar-refractivity contribution in [2.24, 2.45) is 0 Å². The Balaban J connectivity index is 1.56. The Hall–Kier alpha value is -2.52. The molecule has 2 aromatic rings. The van der Waals surface area contributed by atoms with Crippen molar-refractivity contribution >= 4 is 11.7 Å². The zero-order chi connectivity index (χ0) is 18.8. The van der Waals surface area contributed by atoms with Crippen LogP contribution in [0.15, 0.2) is 10.9 Å². The van der Waals surface area contributed by atoms with E-state index in [1.165, 1.54) is 0 Å². The molecule has 0 aliphatic carbocycles. The van der Waals surface area contributed by atoms with Crippen molar-refractivity contribution in [3.63, 3.8) is 0 Å². The van der Waals surface area contributed by atoms with Crippen molar-refractivity contribution in [3.05, 3.63) is 34.6 Å². The molecule has 2 aromatic heterocycles. The Bertz CT molecular complexity index is 831. The highest BCUT2D eigenvalue weighted by Gasteiger charge is 2.30. The molecule has 27 heavy (non-hydrogen) atoms. The first-order valence-electron chi connectivity index (χ1n) is 9.08. The molecule has 0 atom stereocenters. The number of aromatic nitrogens is 3. The molecule has 9 nitrogen and oxygen atoms in total. The first kappa shape index (κ1) is 17.9. The SMILES string of the molecule is COCc1c(C(=O)N2CCc3c(ncnc3N3CCOCC3)C2)noc1C. The van der Waals surface area contributed by atoms with Gasteiger partial charge in [-0.15, -0.1) is 0 Å². The molecule has 0 radical (unpaired) electrons. The Morgan fingerprint density at radius 3 is 2.85 bits per heavy atom. The fourth-order valence-electron chi connectivity index (χ4n) is 3.58. The molecule has 1 fully saturated rings. The van der Waals surface area contributed by atoms with Crippen molar-refractivity contribution < 1.29 is 18.8 Å². The van der Waals surface area contributed by atoms with E-state index in [1.54, 1.807) is 25.3 Å². The van der Waals surface area contributed by atoms with Crippen LogP contribution in [0.4, 0.5) is 5.82 Å². The number of aryl methyl sites for hydroxylation is 1. The molecule has 0 bridgehead atoms. The van der Waals surface area contributed by atoms with Gasteiger partial charge in [0, 0.05) is 32.3 Å². The van der Waals surface area contributed by atoms with Crippen LogP contribution in [0.2, 0.25) is 0 Å². The molecule has 1 amide bonds. The Kier molecular flexibility index (Phi) is 5.04. The van der Waals surface area contributed by atoms with E-state index in [-0.39, 0.29) is 5.91 Å². The van der Waals surface area contributed by atoms with E-state index in [9.17, 15) is 4.79 Å². The summed E-state index contributed by atoms with van der Waals surface area (Å²) < 4.78 is 15.8. The van der Waals surface area contributed by atoms with E-state index in [4.69, 9.17) is 14.0 Å². The summed E-state index contributed by atoms with van der Waals surface area (Å²) in [5, 5.41) is 3.96. The van der Waals surface area contributed by atoms with Crippen LogP contribution in [0.5, 0.6) is 0 Å². The number of hydrogen-bond acceptors (Lipinski definition) is 8. The van der Waals surface area contributed by atoms with E-state index < -0.39 is 0 Å². The summed E-state index contributed by atoms with van der Waals surface area (Å²) in [4.78, 5) is 25.9. The van der Waals surface area contributed by atoms with Crippen LogP contribution in [-0.4, -0.2) is 65.9 Å². The lowest BCUT2D eigenvalue weighted by Crippen LogP contribution is -2.41. The standard InChI is InChI=1S/C18H23N5O4/c1-12-14(10-25-2)16(21-27-12)18(24)23-4-3-13-15(9-23)19-11-20-17(13)22-5-7-26-8-6-22/h11H,3-10H2,1-2H3. The molecule has 0 unspecified atom stereocenters. The van der Waals surface area contributed by atoms with Crippen molar-refractivity contribution in [2.45, 2.75) is 26.5 Å². The number of rotatable bonds is 4. The minimum absolute atomic E-state index is 0.156. The molecule has 4 heterocycles. The second kappa shape index (κ2) is 7.61. The van der Waals surface area contributed by atoms with Gasteiger partial charge in [-0.3, -0.25) is 4.79 Å². The van der Waals surface area contributed by atoms with Gasteiger partial charge in [0.15, 0.2) is 5.69 Å². The van der Waals surface area contributed by atoms with Crippen molar-refractivity contribution in [3.8, 4) is 0 Å². The Morgan fingerprint density at radius 2 is 2.07 bits per heavy atom. The number of methoxy groups -OCH3 is 1. The van der Waals surface area contributed by atoms with Gasteiger partial charge in [0.1, 0.15) is 17.9 Å². The Morgan fingerprint density at radius 1 is 1.26 bits per heavy atom. The number of nitrogens with zero attached hydrogens (tertiary/aromatic N) is 5. The molecule has 0 aromatic carbocycles. The molecular weight excluding hydrogens is 350 g/mol. The predicted octanol–water partition coefficient (Wildman–Crippen LogP) is 0.955. The maximum Gasteiger partial charge on any atom is 0.276 e. The lowest BCUT2D eigenvalue weighted by atomic mass is 10.0. The molecular formula is C18H23N5O4. The normalized spacial score (nSPS) is 17.1. The highest BCUT2D eigenvalue weighted by molar-refractivity contribution is 5.94. The third-order valence-electron chi connectivity index (χ3n) is 5.06. The fourth-order valence-corrected chi connectivity index (χ4v) is 3.58. The third kappa shape index (κ3) is 3.40. The number of fused-ring (bicyclic) bond motifs is 1. The van der Waals surface area contributed by atoms with Crippen LogP contribution in [0, 0.1) is 6.92 Å². The lowest BCUT2D eigenvalue weighted by molar-refractivity contribution is 0.0717. The van der Waals surface area contributed by atoms with Gasteiger partial charge in [-0.2, -0.15) is 0 Å². The summed E-state index contributed by atoms with van der Waals surface area (Å²) in [6.07, 6.45) is 2.29. The van der Waals surface area contributed by atoms with E-state index in [0.717, 1.165) is 30.2 Å². The minimum atomic E-state index is -0.156. The molecule has 0 saturated carbocycles. The highest BCUT2D eigenvalue weighted by Crippen LogP contribution is 2.27. The quantitative estimate of drug-likeness (QED) is 0.782. The molecule has 0 N–H and O–H groups in total. The highest BCUT2D eigenvalue weighted by atomic mass is 16.5. The van der Waals surface area contributed by atoms with E-state index in [0.29, 0.717) is 56.3 Å². The van der Waals surface area contributed by atoms with Gasteiger partial charge >= 0.3 is 0 Å². The second-order valence-electron chi connectivity index (χ2n) is 6.70. The number of hydrogen-bond donors (Lipinski definition) is 0. The van der Waals surface area contributed by atoms with Crippen molar-refractivity contribution in [2.75, 3.05) is 44.9 Å². The van der Waals surface area contributed by atoms with E-state index in [2.05, 4.69) is 20.0 Å². The van der Waals surface area contributed by atoms with Crippen LogP contribution < -0.4 is 4.90 Å². The van der Waals surface area contributed by atoms with Gasteiger partial charge in [0.05, 0.1) is 37.6 Å².